The summed E-state index contributed by atoms with van der Waals surface area (Å²) >= 11 is 0. The van der Waals surface area contributed by atoms with Gasteiger partial charge in [0, 0.05) is 13.1 Å². The van der Waals surface area contributed by atoms with Crippen LogP contribution in [0.5, 0.6) is 0 Å². The number of aromatic nitrogens is 3. The summed E-state index contributed by atoms with van der Waals surface area (Å²) in [6.07, 6.45) is 1.35. The van der Waals surface area contributed by atoms with E-state index in [9.17, 15) is 9.59 Å². The van der Waals surface area contributed by atoms with E-state index in [2.05, 4.69) is 10.3 Å². The van der Waals surface area contributed by atoms with Crippen molar-refractivity contribution in [3.05, 3.63) is 11.9 Å². The Bertz CT molecular complexity index is 474. The monoisotopic (exact) mass is 269 g/mol. The Morgan fingerprint density at radius 2 is 2.32 bits per heavy atom. The molecule has 19 heavy (non-hydrogen) atoms. The second kappa shape index (κ2) is 5.76. The molecule has 1 fully saturated rings. The van der Waals surface area contributed by atoms with Crippen molar-refractivity contribution in [2.24, 2.45) is 5.73 Å². The molecule has 9 heteroatoms. The van der Waals surface area contributed by atoms with Crippen LogP contribution in [0.4, 0.5) is 0 Å². The average molecular weight is 269 g/mol. The van der Waals surface area contributed by atoms with Crippen LogP contribution >= 0.6 is 0 Å². The van der Waals surface area contributed by atoms with Crippen molar-refractivity contribution in [3.63, 3.8) is 0 Å². The van der Waals surface area contributed by atoms with Gasteiger partial charge < -0.3 is 15.6 Å². The number of hydrogen-bond donors (Lipinski definition) is 2. The number of primary amides is 1. The largest absolute Gasteiger partial charge is 0.476 e. The van der Waals surface area contributed by atoms with Crippen LogP contribution < -0.4 is 5.73 Å². The van der Waals surface area contributed by atoms with Gasteiger partial charge in [0.15, 0.2) is 5.69 Å². The number of carboxylic acids is 1. The first-order valence-corrected chi connectivity index (χ1v) is 5.82. The predicted octanol–water partition coefficient (Wildman–Crippen LogP) is -1.84. The summed E-state index contributed by atoms with van der Waals surface area (Å²) in [5, 5.41) is 15.9. The number of carbonyl (C=O) groups is 2. The summed E-state index contributed by atoms with van der Waals surface area (Å²) < 4.78 is 6.63. The number of carbonyl (C=O) groups excluding carboxylic acids is 1. The highest BCUT2D eigenvalue weighted by Crippen LogP contribution is 2.06. The van der Waals surface area contributed by atoms with Crippen molar-refractivity contribution >= 4 is 11.9 Å². The van der Waals surface area contributed by atoms with E-state index in [0.29, 0.717) is 26.2 Å². The van der Waals surface area contributed by atoms with Crippen molar-refractivity contribution < 1.29 is 19.4 Å². The second-order valence-corrected chi connectivity index (χ2v) is 4.20. The highest BCUT2D eigenvalue weighted by molar-refractivity contribution is 5.84. The summed E-state index contributed by atoms with van der Waals surface area (Å²) in [5.74, 6) is -1.54. The minimum atomic E-state index is -1.12. The van der Waals surface area contributed by atoms with Gasteiger partial charge in [0.1, 0.15) is 6.04 Å². The summed E-state index contributed by atoms with van der Waals surface area (Å²) in [5.41, 5.74) is 5.19. The van der Waals surface area contributed by atoms with Crippen LogP contribution in [-0.2, 0) is 16.1 Å². The van der Waals surface area contributed by atoms with Crippen LogP contribution in [0.25, 0.3) is 0 Å². The SMILES string of the molecule is NC(=O)C1COCCN1CCn1cc(C(=O)O)nn1. The number of hydrogen-bond acceptors (Lipinski definition) is 6. The van der Waals surface area contributed by atoms with Gasteiger partial charge in [-0.25, -0.2) is 4.79 Å². The van der Waals surface area contributed by atoms with Crippen LogP contribution in [0.1, 0.15) is 10.5 Å². The molecule has 1 amide bonds. The molecule has 0 spiro atoms. The second-order valence-electron chi connectivity index (χ2n) is 4.20. The van der Waals surface area contributed by atoms with Crippen molar-refractivity contribution in [2.45, 2.75) is 12.6 Å². The predicted molar refractivity (Wildman–Crippen MR) is 62.4 cm³/mol. The minimum absolute atomic E-state index is 0.103. The van der Waals surface area contributed by atoms with Gasteiger partial charge in [-0.1, -0.05) is 5.21 Å². The van der Waals surface area contributed by atoms with E-state index in [-0.39, 0.29) is 12.3 Å². The van der Waals surface area contributed by atoms with Crippen LogP contribution in [0.3, 0.4) is 0 Å². The normalized spacial score (nSPS) is 20.3. The van der Waals surface area contributed by atoms with Crippen molar-refractivity contribution in [3.8, 4) is 0 Å². The zero-order valence-electron chi connectivity index (χ0n) is 10.2. The Morgan fingerprint density at radius 1 is 1.53 bits per heavy atom. The van der Waals surface area contributed by atoms with E-state index in [0.717, 1.165) is 0 Å². The van der Waals surface area contributed by atoms with Crippen molar-refractivity contribution in [1.29, 1.82) is 0 Å². The van der Waals surface area contributed by atoms with Gasteiger partial charge >= 0.3 is 5.97 Å². The molecule has 3 N–H and O–H groups in total. The van der Waals surface area contributed by atoms with Crippen LogP contribution in [0, 0.1) is 0 Å². The first-order chi connectivity index (χ1) is 9.08. The van der Waals surface area contributed by atoms with Gasteiger partial charge in [0.25, 0.3) is 0 Å². The number of morpholine rings is 1. The van der Waals surface area contributed by atoms with Crippen LogP contribution in [0.15, 0.2) is 6.20 Å². The van der Waals surface area contributed by atoms with E-state index in [1.54, 1.807) is 0 Å². The summed E-state index contributed by atoms with van der Waals surface area (Å²) in [6.45, 7) is 2.39. The molecular formula is C10H15N5O4. The number of amides is 1. The summed E-state index contributed by atoms with van der Waals surface area (Å²) in [7, 11) is 0. The quantitative estimate of drug-likeness (QED) is 0.643. The number of ether oxygens (including phenoxy) is 1. The first-order valence-electron chi connectivity index (χ1n) is 5.82. The molecule has 0 saturated carbocycles. The maximum atomic E-state index is 11.3. The van der Waals surface area contributed by atoms with E-state index < -0.39 is 17.9 Å². The first kappa shape index (κ1) is 13.4. The molecule has 0 aromatic carbocycles. The highest BCUT2D eigenvalue weighted by atomic mass is 16.5. The molecular weight excluding hydrogens is 254 g/mol. The highest BCUT2D eigenvalue weighted by Gasteiger charge is 2.27. The lowest BCUT2D eigenvalue weighted by atomic mass is 10.2. The summed E-state index contributed by atoms with van der Waals surface area (Å²) in [6, 6.07) is -0.448. The van der Waals surface area contributed by atoms with E-state index in [1.807, 2.05) is 4.90 Å². The third-order valence-electron chi connectivity index (χ3n) is 2.94. The number of aromatic carboxylic acids is 1. The van der Waals surface area contributed by atoms with Gasteiger partial charge in [-0.2, -0.15) is 0 Å². The Morgan fingerprint density at radius 3 is 2.95 bits per heavy atom. The van der Waals surface area contributed by atoms with Gasteiger partial charge in [-0.3, -0.25) is 14.4 Å². The van der Waals surface area contributed by atoms with Gasteiger partial charge in [0.2, 0.25) is 5.91 Å². The average Bonchev–Trinajstić information content (AvgIpc) is 2.85. The molecule has 1 saturated heterocycles. The number of carboxylic acid groups (broad SMARTS) is 1. The minimum Gasteiger partial charge on any atom is -0.476 e. The Kier molecular flexibility index (Phi) is 4.07. The van der Waals surface area contributed by atoms with E-state index >= 15 is 0 Å². The molecule has 9 nitrogen and oxygen atoms in total. The third-order valence-corrected chi connectivity index (χ3v) is 2.94. The molecule has 1 atom stereocenters. The van der Waals surface area contributed by atoms with Gasteiger partial charge in [-0.15, -0.1) is 5.10 Å². The molecule has 2 rings (SSSR count). The fourth-order valence-electron chi connectivity index (χ4n) is 1.90. The summed E-state index contributed by atoms with van der Waals surface area (Å²) in [4.78, 5) is 23.8. The van der Waals surface area contributed by atoms with Crippen LogP contribution in [0.2, 0.25) is 0 Å². The molecule has 0 bridgehead atoms. The molecule has 1 unspecified atom stereocenters. The standard InChI is InChI=1S/C10H15N5O4/c11-9(16)8-6-19-4-3-14(8)1-2-15-5-7(10(17)18)12-13-15/h5,8H,1-4,6H2,(H2,11,16)(H,17,18). The van der Waals surface area contributed by atoms with Crippen molar-refractivity contribution in [1.82, 2.24) is 19.9 Å². The molecule has 1 aliphatic rings. The van der Waals surface area contributed by atoms with Gasteiger partial charge in [0.05, 0.1) is 26.0 Å². The molecule has 104 valence electrons. The number of nitrogens with two attached hydrogens (primary N) is 1. The maximum Gasteiger partial charge on any atom is 0.358 e. The Labute approximate surface area is 108 Å². The molecule has 1 aliphatic heterocycles. The Balaban J connectivity index is 1.92. The lowest BCUT2D eigenvalue weighted by Gasteiger charge is -2.33. The van der Waals surface area contributed by atoms with E-state index in [4.69, 9.17) is 15.6 Å². The molecule has 1 aromatic heterocycles. The lowest BCUT2D eigenvalue weighted by molar-refractivity contribution is -0.129. The van der Waals surface area contributed by atoms with Crippen molar-refractivity contribution in [2.75, 3.05) is 26.3 Å². The molecule has 2 heterocycles. The zero-order valence-corrected chi connectivity index (χ0v) is 10.2. The fourth-order valence-corrected chi connectivity index (χ4v) is 1.90. The van der Waals surface area contributed by atoms with E-state index in [1.165, 1.54) is 10.9 Å². The molecule has 0 radical (unpaired) electrons. The zero-order chi connectivity index (χ0) is 13.8. The van der Waals surface area contributed by atoms with Crippen LogP contribution in [-0.4, -0.2) is 69.2 Å². The fraction of sp³-hybridized carbons (Fsp3) is 0.600. The lowest BCUT2D eigenvalue weighted by Crippen LogP contribution is -2.53. The third kappa shape index (κ3) is 3.26. The smallest absolute Gasteiger partial charge is 0.358 e. The topological polar surface area (TPSA) is 124 Å². The number of nitrogens with zero attached hydrogens (tertiary/aromatic N) is 4. The molecule has 0 aliphatic carbocycles. The maximum absolute atomic E-state index is 11.3. The number of rotatable bonds is 5. The Hall–Kier alpha value is -2.00. The van der Waals surface area contributed by atoms with Gasteiger partial charge in [-0.05, 0) is 0 Å². The molecule has 1 aromatic rings.